The molecule has 5 heteroatoms. The molecule has 1 aliphatic rings. The fraction of sp³-hybridized carbons (Fsp3) is 0.769. The van der Waals surface area contributed by atoms with Gasteiger partial charge in [0.15, 0.2) is 0 Å². The highest BCUT2D eigenvalue weighted by atomic mass is 16.3. The highest BCUT2D eigenvalue weighted by Gasteiger charge is 2.27. The number of likely N-dealkylation sites (tertiary alicyclic amines) is 1. The number of aryl methyl sites for hydroxylation is 1. The summed E-state index contributed by atoms with van der Waals surface area (Å²) in [6.07, 6.45) is 5.85. The fourth-order valence-corrected chi connectivity index (χ4v) is 2.82. The zero-order valence-corrected chi connectivity index (χ0v) is 11.3. The van der Waals surface area contributed by atoms with Crippen LogP contribution >= 0.6 is 0 Å². The first-order chi connectivity index (χ1) is 8.61. The molecule has 18 heavy (non-hydrogen) atoms. The van der Waals surface area contributed by atoms with E-state index in [1.165, 1.54) is 5.56 Å². The molecule has 0 aliphatic carbocycles. The Kier molecular flexibility index (Phi) is 4.37. The van der Waals surface area contributed by atoms with Crippen molar-refractivity contribution in [2.45, 2.75) is 31.9 Å². The molecule has 0 radical (unpaired) electrons. The summed E-state index contributed by atoms with van der Waals surface area (Å²) in [6, 6.07) is 0.258. The van der Waals surface area contributed by atoms with Crippen molar-refractivity contribution in [3.63, 3.8) is 0 Å². The summed E-state index contributed by atoms with van der Waals surface area (Å²) >= 11 is 0. The highest BCUT2D eigenvalue weighted by molar-refractivity contribution is 5.11. The summed E-state index contributed by atoms with van der Waals surface area (Å²) in [5.74, 6) is 0.438. The minimum atomic E-state index is -0.193. The van der Waals surface area contributed by atoms with E-state index in [0.717, 1.165) is 25.9 Å². The Labute approximate surface area is 109 Å². The van der Waals surface area contributed by atoms with Gasteiger partial charge in [0, 0.05) is 25.4 Å². The van der Waals surface area contributed by atoms with Gasteiger partial charge in [-0.05, 0) is 38.8 Å². The lowest BCUT2D eigenvalue weighted by molar-refractivity contribution is 0.0568. The minimum absolute atomic E-state index is 0.193. The van der Waals surface area contributed by atoms with Gasteiger partial charge in [0.05, 0.1) is 18.3 Å². The number of aliphatic hydroxyl groups excluding tert-OH is 1. The van der Waals surface area contributed by atoms with E-state index in [1.54, 1.807) is 0 Å². The van der Waals surface area contributed by atoms with Crippen LogP contribution in [-0.2, 0) is 7.05 Å². The van der Waals surface area contributed by atoms with Gasteiger partial charge in [-0.25, -0.2) is 0 Å². The van der Waals surface area contributed by atoms with Gasteiger partial charge in [0.2, 0.25) is 0 Å². The Bertz CT molecular complexity index is 369. The minimum Gasteiger partial charge on any atom is -0.393 e. The first-order valence-corrected chi connectivity index (χ1v) is 6.72. The summed E-state index contributed by atoms with van der Waals surface area (Å²) in [5.41, 5.74) is 7.10. The molecule has 1 saturated heterocycles. The normalized spacial score (nSPS) is 22.0. The van der Waals surface area contributed by atoms with E-state index in [1.807, 2.05) is 31.0 Å². The summed E-state index contributed by atoms with van der Waals surface area (Å²) < 4.78 is 1.82. The van der Waals surface area contributed by atoms with Gasteiger partial charge in [0.1, 0.15) is 0 Å². The largest absolute Gasteiger partial charge is 0.393 e. The second kappa shape index (κ2) is 5.82. The molecule has 1 aromatic rings. The van der Waals surface area contributed by atoms with Crippen LogP contribution in [0.2, 0.25) is 0 Å². The molecule has 5 nitrogen and oxygen atoms in total. The molecule has 0 spiro atoms. The Balaban J connectivity index is 1.98. The average molecular weight is 252 g/mol. The molecule has 1 aromatic heterocycles. The standard InChI is InChI=1S/C13H24N4O/c1-10(18)11-3-5-17(6-4-11)13(7-14)12-8-15-16(2)9-12/h8-11,13,18H,3-7,14H2,1-2H3. The molecule has 0 amide bonds. The van der Waals surface area contributed by atoms with Crippen molar-refractivity contribution in [2.75, 3.05) is 19.6 Å². The van der Waals surface area contributed by atoms with Crippen molar-refractivity contribution < 1.29 is 5.11 Å². The third-order valence-electron chi connectivity index (χ3n) is 4.03. The summed E-state index contributed by atoms with van der Waals surface area (Å²) in [7, 11) is 1.93. The number of rotatable bonds is 4. The monoisotopic (exact) mass is 252 g/mol. The summed E-state index contributed by atoms with van der Waals surface area (Å²) in [4.78, 5) is 2.41. The number of hydrogen-bond acceptors (Lipinski definition) is 4. The molecule has 1 aliphatic heterocycles. The molecule has 2 atom stereocenters. The van der Waals surface area contributed by atoms with E-state index in [-0.39, 0.29) is 12.1 Å². The van der Waals surface area contributed by atoms with E-state index in [9.17, 15) is 5.11 Å². The number of piperidine rings is 1. The predicted molar refractivity (Wildman–Crippen MR) is 71.0 cm³/mol. The van der Waals surface area contributed by atoms with Crippen LogP contribution in [0.15, 0.2) is 12.4 Å². The first-order valence-electron chi connectivity index (χ1n) is 6.72. The summed E-state index contributed by atoms with van der Waals surface area (Å²) in [5, 5.41) is 13.8. The van der Waals surface area contributed by atoms with Crippen molar-refractivity contribution in [3.05, 3.63) is 18.0 Å². The number of hydrogen-bond donors (Lipinski definition) is 2. The predicted octanol–water partition coefficient (Wildman–Crippen LogP) is 0.513. The molecular weight excluding hydrogens is 228 g/mol. The van der Waals surface area contributed by atoms with E-state index >= 15 is 0 Å². The molecule has 3 N–H and O–H groups in total. The quantitative estimate of drug-likeness (QED) is 0.819. The third-order valence-corrected chi connectivity index (χ3v) is 4.03. The lowest BCUT2D eigenvalue weighted by Crippen LogP contribution is -2.41. The highest BCUT2D eigenvalue weighted by Crippen LogP contribution is 2.27. The van der Waals surface area contributed by atoms with Gasteiger partial charge in [-0.3, -0.25) is 9.58 Å². The fourth-order valence-electron chi connectivity index (χ4n) is 2.82. The molecule has 2 unspecified atom stereocenters. The molecule has 2 rings (SSSR count). The molecular formula is C13H24N4O. The average Bonchev–Trinajstić information content (AvgIpc) is 2.77. The zero-order chi connectivity index (χ0) is 13.1. The van der Waals surface area contributed by atoms with Gasteiger partial charge >= 0.3 is 0 Å². The Morgan fingerprint density at radius 3 is 2.61 bits per heavy atom. The Hall–Kier alpha value is -0.910. The first kappa shape index (κ1) is 13.5. The van der Waals surface area contributed by atoms with Crippen molar-refractivity contribution in [1.29, 1.82) is 0 Å². The Morgan fingerprint density at radius 1 is 1.50 bits per heavy atom. The van der Waals surface area contributed by atoms with E-state index in [4.69, 9.17) is 5.73 Å². The molecule has 0 saturated carbocycles. The maximum atomic E-state index is 9.62. The smallest absolute Gasteiger partial charge is 0.0541 e. The molecule has 0 aromatic carbocycles. The lowest BCUT2D eigenvalue weighted by Gasteiger charge is -2.37. The van der Waals surface area contributed by atoms with Crippen LogP contribution in [0.3, 0.4) is 0 Å². The van der Waals surface area contributed by atoms with Crippen molar-refractivity contribution >= 4 is 0 Å². The van der Waals surface area contributed by atoms with Crippen LogP contribution < -0.4 is 5.73 Å². The lowest BCUT2D eigenvalue weighted by atomic mass is 9.91. The second-order valence-electron chi connectivity index (χ2n) is 5.31. The van der Waals surface area contributed by atoms with Crippen LogP contribution in [0.4, 0.5) is 0 Å². The topological polar surface area (TPSA) is 67.3 Å². The van der Waals surface area contributed by atoms with Crippen molar-refractivity contribution in [2.24, 2.45) is 18.7 Å². The number of aliphatic hydroxyl groups is 1. The van der Waals surface area contributed by atoms with Crippen LogP contribution in [0.25, 0.3) is 0 Å². The van der Waals surface area contributed by atoms with Crippen LogP contribution in [0.5, 0.6) is 0 Å². The van der Waals surface area contributed by atoms with E-state index < -0.39 is 0 Å². The second-order valence-corrected chi connectivity index (χ2v) is 5.31. The number of nitrogens with zero attached hydrogens (tertiary/aromatic N) is 3. The maximum absolute atomic E-state index is 9.62. The number of aromatic nitrogens is 2. The van der Waals surface area contributed by atoms with Gasteiger partial charge in [-0.2, -0.15) is 5.10 Å². The third kappa shape index (κ3) is 2.91. The molecule has 0 bridgehead atoms. The van der Waals surface area contributed by atoms with E-state index in [2.05, 4.69) is 10.00 Å². The van der Waals surface area contributed by atoms with Crippen LogP contribution in [0.1, 0.15) is 31.4 Å². The molecule has 102 valence electrons. The van der Waals surface area contributed by atoms with Crippen molar-refractivity contribution in [1.82, 2.24) is 14.7 Å². The van der Waals surface area contributed by atoms with Crippen LogP contribution in [0, 0.1) is 5.92 Å². The van der Waals surface area contributed by atoms with E-state index in [0.29, 0.717) is 12.5 Å². The van der Waals surface area contributed by atoms with Gasteiger partial charge in [-0.1, -0.05) is 0 Å². The van der Waals surface area contributed by atoms with Gasteiger partial charge < -0.3 is 10.8 Å². The SMILES string of the molecule is CC(O)C1CCN(C(CN)c2cnn(C)c2)CC1. The van der Waals surface area contributed by atoms with Gasteiger partial charge in [-0.15, -0.1) is 0 Å². The molecule has 1 fully saturated rings. The van der Waals surface area contributed by atoms with Crippen molar-refractivity contribution in [3.8, 4) is 0 Å². The van der Waals surface area contributed by atoms with Gasteiger partial charge in [0.25, 0.3) is 0 Å². The van der Waals surface area contributed by atoms with Crippen LogP contribution in [-0.4, -0.2) is 45.5 Å². The zero-order valence-electron chi connectivity index (χ0n) is 11.3. The summed E-state index contributed by atoms with van der Waals surface area (Å²) in [6.45, 7) is 4.52. The Morgan fingerprint density at radius 2 is 2.17 bits per heavy atom. The maximum Gasteiger partial charge on any atom is 0.0541 e. The molecule has 2 heterocycles. The number of nitrogens with two attached hydrogens (primary N) is 1.